The smallest absolute Gasteiger partial charge is 0.231 e. The van der Waals surface area contributed by atoms with Crippen LogP contribution in [-0.2, 0) is 9.59 Å². The first-order valence-electron chi connectivity index (χ1n) is 3.95. The number of nitrogens with one attached hydrogen (secondary N) is 2. The van der Waals surface area contributed by atoms with Gasteiger partial charge in [0.05, 0.1) is 0 Å². The van der Waals surface area contributed by atoms with Gasteiger partial charge in [0.15, 0.2) is 0 Å². The van der Waals surface area contributed by atoms with Crippen molar-refractivity contribution in [3.05, 3.63) is 0 Å². The zero-order chi connectivity index (χ0) is 12.2. The molecular formula is C9H22N2O4. The molecule has 0 bridgehead atoms. The molecule has 0 aliphatic carbocycles. The SMILES string of the molecule is C.CCCO.CCCO.N=C=O.N=C=O. The fourth-order valence-corrected chi connectivity index (χ4v) is 0. The molecule has 0 spiro atoms. The van der Waals surface area contributed by atoms with Crippen molar-refractivity contribution in [1.82, 2.24) is 0 Å². The van der Waals surface area contributed by atoms with Crippen LogP contribution in [0.15, 0.2) is 0 Å². The first kappa shape index (κ1) is 29.2. The molecule has 0 saturated heterocycles. The van der Waals surface area contributed by atoms with E-state index < -0.39 is 0 Å². The van der Waals surface area contributed by atoms with Crippen molar-refractivity contribution in [1.29, 1.82) is 10.8 Å². The zero-order valence-electron chi connectivity index (χ0n) is 8.54. The number of rotatable bonds is 2. The Morgan fingerprint density at radius 1 is 0.933 bits per heavy atom. The molecule has 0 radical (unpaired) electrons. The Labute approximate surface area is 91.0 Å². The van der Waals surface area contributed by atoms with E-state index in [1.807, 2.05) is 13.8 Å². The molecule has 0 saturated carbocycles. The molecule has 15 heavy (non-hydrogen) atoms. The van der Waals surface area contributed by atoms with Gasteiger partial charge in [-0.25, -0.2) is 20.4 Å². The van der Waals surface area contributed by atoms with Gasteiger partial charge in [0.2, 0.25) is 12.2 Å². The summed E-state index contributed by atoms with van der Waals surface area (Å²) in [5, 5.41) is 26.6. The topological polar surface area (TPSA) is 122 Å². The van der Waals surface area contributed by atoms with E-state index in [4.69, 9.17) is 30.6 Å². The molecular weight excluding hydrogens is 200 g/mol. The van der Waals surface area contributed by atoms with Crippen LogP contribution in [0.5, 0.6) is 0 Å². The van der Waals surface area contributed by atoms with E-state index in [0.717, 1.165) is 25.0 Å². The van der Waals surface area contributed by atoms with Gasteiger partial charge >= 0.3 is 0 Å². The van der Waals surface area contributed by atoms with Crippen molar-refractivity contribution in [2.24, 2.45) is 0 Å². The lowest BCUT2D eigenvalue weighted by atomic mass is 10.5. The van der Waals surface area contributed by atoms with E-state index >= 15 is 0 Å². The van der Waals surface area contributed by atoms with E-state index in [2.05, 4.69) is 0 Å². The van der Waals surface area contributed by atoms with Gasteiger partial charge in [0.25, 0.3) is 0 Å². The number of hydrogen-bond donors (Lipinski definition) is 4. The quantitative estimate of drug-likeness (QED) is 0.414. The van der Waals surface area contributed by atoms with Crippen LogP contribution in [0.1, 0.15) is 34.1 Å². The van der Waals surface area contributed by atoms with Crippen LogP contribution >= 0.6 is 0 Å². The van der Waals surface area contributed by atoms with Crippen LogP contribution in [-0.4, -0.2) is 35.6 Å². The summed E-state index contributed by atoms with van der Waals surface area (Å²) in [5.74, 6) is 0. The first-order valence-corrected chi connectivity index (χ1v) is 3.95. The average Bonchev–Trinajstić information content (AvgIpc) is 2.20. The second-order valence-corrected chi connectivity index (χ2v) is 1.65. The first-order chi connectivity index (χ1) is 6.66. The molecule has 0 amide bonds. The lowest BCUT2D eigenvalue weighted by Gasteiger charge is -1.69. The van der Waals surface area contributed by atoms with Crippen LogP contribution < -0.4 is 0 Å². The van der Waals surface area contributed by atoms with Crippen molar-refractivity contribution in [2.45, 2.75) is 34.1 Å². The van der Waals surface area contributed by atoms with Gasteiger partial charge in [-0.15, -0.1) is 0 Å². The van der Waals surface area contributed by atoms with Gasteiger partial charge in [-0.2, -0.15) is 0 Å². The fraction of sp³-hybridized carbons (Fsp3) is 0.778. The minimum atomic E-state index is 0. The highest BCUT2D eigenvalue weighted by Crippen LogP contribution is 1.61. The molecule has 0 heterocycles. The Kier molecular flexibility index (Phi) is 154. The van der Waals surface area contributed by atoms with Gasteiger partial charge in [0.1, 0.15) is 0 Å². The summed E-state index contributed by atoms with van der Waals surface area (Å²) in [6, 6.07) is 0. The molecule has 6 nitrogen and oxygen atoms in total. The Morgan fingerprint density at radius 3 is 1.00 bits per heavy atom. The molecule has 4 N–H and O–H groups in total. The summed E-state index contributed by atoms with van der Waals surface area (Å²) < 4.78 is 0. The monoisotopic (exact) mass is 222 g/mol. The normalized spacial score (nSPS) is 5.07. The van der Waals surface area contributed by atoms with E-state index in [1.54, 1.807) is 0 Å². The maximum Gasteiger partial charge on any atom is 0.231 e. The van der Waals surface area contributed by atoms with Gasteiger partial charge in [-0.3, -0.25) is 0 Å². The van der Waals surface area contributed by atoms with Crippen molar-refractivity contribution in [3.63, 3.8) is 0 Å². The number of hydrogen-bond acceptors (Lipinski definition) is 6. The Balaban J connectivity index is -0.0000000293. The lowest BCUT2D eigenvalue weighted by Crippen LogP contribution is -1.69. The maximum absolute atomic E-state index is 8.35. The van der Waals surface area contributed by atoms with E-state index in [0.29, 0.717) is 13.2 Å². The minimum Gasteiger partial charge on any atom is -0.396 e. The third-order valence-corrected chi connectivity index (χ3v) is 0.447. The second-order valence-electron chi connectivity index (χ2n) is 1.65. The van der Waals surface area contributed by atoms with Crippen LogP contribution in [0.3, 0.4) is 0 Å². The number of aliphatic hydroxyl groups excluding tert-OH is 2. The third-order valence-electron chi connectivity index (χ3n) is 0.447. The molecule has 0 unspecified atom stereocenters. The second kappa shape index (κ2) is 79.0. The molecule has 0 aromatic rings. The minimum absolute atomic E-state index is 0. The highest BCUT2D eigenvalue weighted by Gasteiger charge is 1.57. The zero-order valence-corrected chi connectivity index (χ0v) is 8.54. The fourth-order valence-electron chi connectivity index (χ4n) is 0. The summed E-state index contributed by atoms with van der Waals surface area (Å²) in [4.78, 5) is 16.7. The van der Waals surface area contributed by atoms with E-state index in [1.165, 1.54) is 0 Å². The summed E-state index contributed by atoms with van der Waals surface area (Å²) >= 11 is 0. The number of aliphatic hydroxyl groups is 2. The van der Waals surface area contributed by atoms with Crippen LogP contribution in [0.2, 0.25) is 0 Å². The van der Waals surface area contributed by atoms with Crippen LogP contribution in [0.4, 0.5) is 0 Å². The van der Waals surface area contributed by atoms with Gasteiger partial charge in [0, 0.05) is 13.2 Å². The molecule has 0 aliphatic rings. The summed E-state index contributed by atoms with van der Waals surface area (Å²) in [5.41, 5.74) is 0. The van der Waals surface area contributed by atoms with Crippen molar-refractivity contribution >= 4 is 12.2 Å². The Morgan fingerprint density at radius 2 is 1.00 bits per heavy atom. The van der Waals surface area contributed by atoms with Crippen LogP contribution in [0, 0.1) is 10.8 Å². The molecule has 0 aliphatic heterocycles. The van der Waals surface area contributed by atoms with E-state index in [-0.39, 0.29) is 7.43 Å². The van der Waals surface area contributed by atoms with Gasteiger partial charge < -0.3 is 10.2 Å². The molecule has 0 fully saturated rings. The molecule has 0 rings (SSSR count). The predicted octanol–water partition coefficient (Wildman–Crippen LogP) is 1.22. The average molecular weight is 222 g/mol. The largest absolute Gasteiger partial charge is 0.396 e. The summed E-state index contributed by atoms with van der Waals surface area (Å²) in [6.45, 7) is 4.50. The molecule has 6 heteroatoms. The number of isocyanates is 2. The van der Waals surface area contributed by atoms with Gasteiger partial charge in [-0.1, -0.05) is 21.3 Å². The molecule has 0 aromatic carbocycles. The summed E-state index contributed by atoms with van der Waals surface area (Å²) in [7, 11) is 0. The highest BCUT2D eigenvalue weighted by molar-refractivity contribution is 5.26. The van der Waals surface area contributed by atoms with Crippen molar-refractivity contribution < 1.29 is 19.8 Å². The molecule has 0 atom stereocenters. The van der Waals surface area contributed by atoms with E-state index in [9.17, 15) is 0 Å². The lowest BCUT2D eigenvalue weighted by molar-refractivity contribution is 0.294. The molecule has 0 aromatic heterocycles. The standard InChI is InChI=1S/2C3H8O.2CHNO.CH4/c2*1-2-3-4;2*2-1-3;/h2*4H,2-3H2,1H3;2*2H;1H4. The van der Waals surface area contributed by atoms with Crippen molar-refractivity contribution in [2.75, 3.05) is 13.2 Å². The Bertz CT molecular complexity index is 108. The van der Waals surface area contributed by atoms with Gasteiger partial charge in [-0.05, 0) is 12.8 Å². The maximum atomic E-state index is 8.35. The Hall–Kier alpha value is -1.32. The summed E-state index contributed by atoms with van der Waals surface area (Å²) in [6.07, 6.45) is 3.25. The highest BCUT2D eigenvalue weighted by atomic mass is 16.3. The predicted molar refractivity (Wildman–Crippen MR) is 58.3 cm³/mol. The third kappa shape index (κ3) is 3130. The molecule has 92 valence electrons. The van der Waals surface area contributed by atoms with Crippen LogP contribution in [0.25, 0.3) is 0 Å². The number of carbonyl (C=O) groups excluding carboxylic acids is 2. The van der Waals surface area contributed by atoms with Crippen molar-refractivity contribution in [3.8, 4) is 0 Å².